The molecule has 1 fully saturated rings. The van der Waals surface area contributed by atoms with Crippen LogP contribution in [0.25, 0.3) is 0 Å². The lowest BCUT2D eigenvalue weighted by molar-refractivity contribution is 0.0710. The lowest BCUT2D eigenvalue weighted by atomic mass is 9.93. The molecule has 6 heteroatoms. The van der Waals surface area contributed by atoms with Crippen LogP contribution in [0.15, 0.2) is 30.5 Å². The minimum atomic E-state index is -0.374. The van der Waals surface area contributed by atoms with Gasteiger partial charge in [0.05, 0.1) is 13.2 Å². The van der Waals surface area contributed by atoms with E-state index in [1.54, 1.807) is 24.1 Å². The third-order valence-electron chi connectivity index (χ3n) is 4.55. The summed E-state index contributed by atoms with van der Waals surface area (Å²) in [5.74, 6) is -0.154. The molecule has 0 atom stereocenters. The highest BCUT2D eigenvalue weighted by atomic mass is 19.1. The van der Waals surface area contributed by atoms with Gasteiger partial charge in [-0.2, -0.15) is 5.10 Å². The Balaban J connectivity index is 1.66. The molecule has 0 spiro atoms. The number of benzene rings is 1. The zero-order valence-electron chi connectivity index (χ0n) is 13.8. The van der Waals surface area contributed by atoms with E-state index in [9.17, 15) is 9.18 Å². The van der Waals surface area contributed by atoms with E-state index in [0.717, 1.165) is 24.1 Å². The van der Waals surface area contributed by atoms with Crippen LogP contribution < -0.4 is 0 Å². The first-order chi connectivity index (χ1) is 11.6. The lowest BCUT2D eigenvalue weighted by Gasteiger charge is -2.32. The molecule has 1 N–H and O–H groups in total. The number of carbonyl (C=O) groups excluding carboxylic acids is 1. The Bertz CT molecular complexity index is 701. The Morgan fingerprint density at radius 1 is 1.33 bits per heavy atom. The van der Waals surface area contributed by atoms with Crippen LogP contribution in [0.5, 0.6) is 0 Å². The van der Waals surface area contributed by atoms with Gasteiger partial charge in [0.1, 0.15) is 5.82 Å². The van der Waals surface area contributed by atoms with Gasteiger partial charge in [-0.25, -0.2) is 4.39 Å². The number of halogens is 1. The van der Waals surface area contributed by atoms with Crippen molar-refractivity contribution >= 4 is 5.91 Å². The van der Waals surface area contributed by atoms with Crippen molar-refractivity contribution in [3.05, 3.63) is 53.1 Å². The third-order valence-corrected chi connectivity index (χ3v) is 4.55. The van der Waals surface area contributed by atoms with Gasteiger partial charge < -0.3 is 10.0 Å². The Kier molecular flexibility index (Phi) is 4.94. The van der Waals surface area contributed by atoms with Crippen molar-refractivity contribution in [2.75, 3.05) is 19.7 Å². The fourth-order valence-corrected chi connectivity index (χ4v) is 3.39. The van der Waals surface area contributed by atoms with Gasteiger partial charge in [-0.05, 0) is 49.6 Å². The van der Waals surface area contributed by atoms with Crippen molar-refractivity contribution in [2.45, 2.75) is 32.2 Å². The number of aryl methyl sites for hydroxylation is 1. The van der Waals surface area contributed by atoms with E-state index < -0.39 is 0 Å². The van der Waals surface area contributed by atoms with Crippen LogP contribution in [0, 0.1) is 12.7 Å². The summed E-state index contributed by atoms with van der Waals surface area (Å²) in [5, 5.41) is 13.3. The maximum atomic E-state index is 13.5. The molecule has 1 saturated heterocycles. The summed E-state index contributed by atoms with van der Waals surface area (Å²) in [5.41, 5.74) is 2.27. The Hall–Kier alpha value is -2.21. The number of aromatic nitrogens is 2. The molecule has 5 nitrogen and oxygen atoms in total. The molecule has 24 heavy (non-hydrogen) atoms. The molecule has 2 heterocycles. The highest BCUT2D eigenvalue weighted by Crippen LogP contribution is 2.28. The Morgan fingerprint density at radius 3 is 2.75 bits per heavy atom. The van der Waals surface area contributed by atoms with Crippen LogP contribution in [0.3, 0.4) is 0 Å². The van der Waals surface area contributed by atoms with E-state index in [1.165, 1.54) is 12.1 Å². The minimum absolute atomic E-state index is 0.0604. The van der Waals surface area contributed by atoms with Crippen LogP contribution in [-0.2, 0) is 6.54 Å². The maximum absolute atomic E-state index is 13.5. The van der Waals surface area contributed by atoms with Crippen molar-refractivity contribution in [3.63, 3.8) is 0 Å². The molecule has 0 aliphatic carbocycles. The molecular weight excluding hydrogens is 309 g/mol. The SMILES string of the molecule is Cc1cc(F)cc(C(=O)N2CCC(c3ccnn3CCO)CC2)c1. The summed E-state index contributed by atoms with van der Waals surface area (Å²) < 4.78 is 15.4. The maximum Gasteiger partial charge on any atom is 0.253 e. The van der Waals surface area contributed by atoms with Crippen LogP contribution in [0.1, 0.15) is 40.4 Å². The largest absolute Gasteiger partial charge is 0.394 e. The number of likely N-dealkylation sites (tertiary alicyclic amines) is 1. The van der Waals surface area contributed by atoms with Gasteiger partial charge in [0, 0.05) is 36.5 Å². The van der Waals surface area contributed by atoms with Gasteiger partial charge in [0.25, 0.3) is 5.91 Å². The third kappa shape index (κ3) is 3.48. The van der Waals surface area contributed by atoms with Crippen molar-refractivity contribution < 1.29 is 14.3 Å². The smallest absolute Gasteiger partial charge is 0.253 e. The second-order valence-corrected chi connectivity index (χ2v) is 6.29. The van der Waals surface area contributed by atoms with E-state index in [0.29, 0.717) is 31.1 Å². The number of hydrogen-bond acceptors (Lipinski definition) is 3. The van der Waals surface area contributed by atoms with Crippen LogP contribution in [0.4, 0.5) is 4.39 Å². The quantitative estimate of drug-likeness (QED) is 0.935. The standard InChI is InChI=1S/C18H22FN3O2/c1-13-10-15(12-16(19)11-13)18(24)21-6-3-14(4-7-21)17-2-5-20-22(17)8-9-23/h2,5,10-12,14,23H,3-4,6-9H2,1H3. The molecule has 1 aliphatic heterocycles. The summed E-state index contributed by atoms with van der Waals surface area (Å²) in [6.07, 6.45) is 3.44. The molecule has 2 aromatic rings. The normalized spacial score (nSPS) is 15.7. The molecule has 1 aromatic heterocycles. The summed E-state index contributed by atoms with van der Waals surface area (Å²) in [6.45, 7) is 3.62. The van der Waals surface area contributed by atoms with Crippen molar-refractivity contribution in [1.82, 2.24) is 14.7 Å². The number of hydrogen-bond donors (Lipinski definition) is 1. The molecule has 1 aliphatic rings. The van der Waals surface area contributed by atoms with Gasteiger partial charge in [-0.1, -0.05) is 0 Å². The van der Waals surface area contributed by atoms with Crippen molar-refractivity contribution in [3.8, 4) is 0 Å². The summed E-state index contributed by atoms with van der Waals surface area (Å²) in [6, 6.07) is 6.44. The van der Waals surface area contributed by atoms with Gasteiger partial charge >= 0.3 is 0 Å². The molecule has 1 aromatic carbocycles. The first kappa shape index (κ1) is 16.6. The average molecular weight is 331 g/mol. The zero-order valence-corrected chi connectivity index (χ0v) is 13.8. The first-order valence-corrected chi connectivity index (χ1v) is 8.27. The number of nitrogens with zero attached hydrogens (tertiary/aromatic N) is 3. The average Bonchev–Trinajstić information content (AvgIpc) is 3.02. The summed E-state index contributed by atoms with van der Waals surface area (Å²) in [7, 11) is 0. The number of aliphatic hydroxyl groups excluding tert-OH is 1. The number of piperidine rings is 1. The van der Waals surface area contributed by atoms with E-state index in [4.69, 9.17) is 5.11 Å². The fraction of sp³-hybridized carbons (Fsp3) is 0.444. The Labute approximate surface area is 140 Å². The fourth-order valence-electron chi connectivity index (χ4n) is 3.39. The Morgan fingerprint density at radius 2 is 2.08 bits per heavy atom. The van der Waals surface area contributed by atoms with Crippen molar-refractivity contribution in [1.29, 1.82) is 0 Å². The van der Waals surface area contributed by atoms with Gasteiger partial charge in [-0.15, -0.1) is 0 Å². The van der Waals surface area contributed by atoms with E-state index in [1.807, 2.05) is 10.7 Å². The van der Waals surface area contributed by atoms with Crippen LogP contribution in [0.2, 0.25) is 0 Å². The molecule has 3 rings (SSSR count). The number of rotatable bonds is 4. The first-order valence-electron chi connectivity index (χ1n) is 8.27. The molecule has 0 unspecified atom stereocenters. The highest BCUT2D eigenvalue weighted by molar-refractivity contribution is 5.94. The van der Waals surface area contributed by atoms with E-state index in [2.05, 4.69) is 5.10 Å². The molecule has 128 valence electrons. The monoisotopic (exact) mass is 331 g/mol. The van der Waals surface area contributed by atoms with Gasteiger partial charge in [0.15, 0.2) is 0 Å². The number of carbonyl (C=O) groups is 1. The molecule has 0 saturated carbocycles. The van der Waals surface area contributed by atoms with E-state index >= 15 is 0 Å². The number of aliphatic hydroxyl groups is 1. The minimum Gasteiger partial charge on any atom is -0.394 e. The predicted molar refractivity (Wildman–Crippen MR) is 88.3 cm³/mol. The second-order valence-electron chi connectivity index (χ2n) is 6.29. The van der Waals surface area contributed by atoms with Gasteiger partial charge in [0.2, 0.25) is 0 Å². The summed E-state index contributed by atoms with van der Waals surface area (Å²) in [4.78, 5) is 14.4. The van der Waals surface area contributed by atoms with E-state index in [-0.39, 0.29) is 18.3 Å². The molecule has 1 amide bonds. The highest BCUT2D eigenvalue weighted by Gasteiger charge is 2.26. The lowest BCUT2D eigenvalue weighted by Crippen LogP contribution is -2.38. The molecule has 0 bridgehead atoms. The second kappa shape index (κ2) is 7.13. The summed E-state index contributed by atoms with van der Waals surface area (Å²) >= 11 is 0. The van der Waals surface area contributed by atoms with Crippen molar-refractivity contribution in [2.24, 2.45) is 0 Å². The van der Waals surface area contributed by atoms with Crippen LogP contribution >= 0.6 is 0 Å². The van der Waals surface area contributed by atoms with Gasteiger partial charge in [-0.3, -0.25) is 9.48 Å². The number of amides is 1. The molecular formula is C18H22FN3O2. The topological polar surface area (TPSA) is 58.4 Å². The predicted octanol–water partition coefficient (Wildman–Crippen LogP) is 2.34. The zero-order chi connectivity index (χ0) is 17.1. The van der Waals surface area contributed by atoms with Crippen LogP contribution in [-0.4, -0.2) is 45.4 Å². The molecule has 0 radical (unpaired) electrons.